The Labute approximate surface area is 121 Å². The predicted molar refractivity (Wildman–Crippen MR) is 83.4 cm³/mol. The Hall–Kier alpha value is -0.700. The molecule has 0 radical (unpaired) electrons. The lowest BCUT2D eigenvalue weighted by Crippen LogP contribution is -2.21. The summed E-state index contributed by atoms with van der Waals surface area (Å²) < 4.78 is -0.397. The monoisotopic (exact) mass is 282 g/mol. The molecule has 1 rings (SSSR count). The van der Waals surface area contributed by atoms with Crippen LogP contribution in [0.3, 0.4) is 0 Å². The van der Waals surface area contributed by atoms with Crippen LogP contribution in [-0.2, 0) is 4.79 Å². The molecular weight excluding hydrogens is 256 g/mol. The van der Waals surface area contributed by atoms with Gasteiger partial charge in [-0.1, -0.05) is 30.3 Å². The zero-order valence-electron chi connectivity index (χ0n) is 12.7. The summed E-state index contributed by atoms with van der Waals surface area (Å²) in [4.78, 5) is 11.6. The van der Waals surface area contributed by atoms with Gasteiger partial charge in [0.1, 0.15) is 5.76 Å². The van der Waals surface area contributed by atoms with Gasteiger partial charge in [-0.15, -0.1) is 0 Å². The molecule has 1 aliphatic heterocycles. The van der Waals surface area contributed by atoms with Crippen LogP contribution < -0.4 is 0 Å². The molecule has 0 spiro atoms. The van der Waals surface area contributed by atoms with Crippen LogP contribution in [0.5, 0.6) is 0 Å². The van der Waals surface area contributed by atoms with E-state index in [-0.39, 0.29) is 5.12 Å². The Morgan fingerprint density at radius 2 is 2.05 bits per heavy atom. The van der Waals surface area contributed by atoms with E-state index < -0.39 is 4.75 Å². The van der Waals surface area contributed by atoms with E-state index >= 15 is 0 Å². The number of carbonyl (C=O) groups excluding carboxylic acids is 1. The maximum Gasteiger partial charge on any atom is 0.219 e. The van der Waals surface area contributed by atoms with Crippen LogP contribution >= 0.6 is 11.8 Å². The largest absolute Gasteiger partial charge is 0.510 e. The van der Waals surface area contributed by atoms with Gasteiger partial charge in [0.05, 0.1) is 4.75 Å². The normalized spacial score (nSPS) is 24.8. The number of carbonyl (C=O) groups is 1. The van der Waals surface area contributed by atoms with Crippen molar-refractivity contribution >= 4 is 16.9 Å². The van der Waals surface area contributed by atoms with Crippen LogP contribution in [0.1, 0.15) is 60.3 Å². The summed E-state index contributed by atoms with van der Waals surface area (Å²) in [6.07, 6.45) is 6.47. The third kappa shape index (κ3) is 4.41. The van der Waals surface area contributed by atoms with E-state index in [9.17, 15) is 9.90 Å². The fraction of sp³-hybridized carbons (Fsp3) is 0.688. The maximum absolute atomic E-state index is 11.6. The molecule has 0 aromatic carbocycles. The molecule has 2 nitrogen and oxygen atoms in total. The number of aliphatic hydroxyl groups excluding tert-OH is 1. The van der Waals surface area contributed by atoms with Crippen molar-refractivity contribution in [1.29, 1.82) is 0 Å². The third-order valence-corrected chi connectivity index (χ3v) is 5.15. The molecule has 0 amide bonds. The van der Waals surface area contributed by atoms with Gasteiger partial charge in [-0.05, 0) is 59.3 Å². The highest BCUT2D eigenvalue weighted by atomic mass is 32.2. The fourth-order valence-corrected chi connectivity index (χ4v) is 3.44. The molecule has 0 saturated carbocycles. The average Bonchev–Trinajstić information content (AvgIpc) is 2.51. The highest BCUT2D eigenvalue weighted by Gasteiger charge is 2.41. The van der Waals surface area contributed by atoms with Gasteiger partial charge >= 0.3 is 0 Å². The van der Waals surface area contributed by atoms with Gasteiger partial charge < -0.3 is 5.11 Å². The van der Waals surface area contributed by atoms with E-state index in [4.69, 9.17) is 0 Å². The van der Waals surface area contributed by atoms with E-state index in [1.54, 1.807) is 6.92 Å². The maximum atomic E-state index is 11.6. The van der Waals surface area contributed by atoms with Crippen molar-refractivity contribution in [3.63, 3.8) is 0 Å². The van der Waals surface area contributed by atoms with Crippen LogP contribution in [-0.4, -0.2) is 15.0 Å². The minimum atomic E-state index is -0.397. The standard InChI is InChI=1S/C16H26O2S/c1-11(2)7-6-8-12(3)9-10-16(5)14(17)13(4)15(18)19-16/h7,12,17H,6,8-10H2,1-5H3/t12?,16-/m1/s1. The molecule has 1 N–H and O–H groups in total. The zero-order chi connectivity index (χ0) is 14.6. The van der Waals surface area contributed by atoms with E-state index in [1.807, 2.05) is 6.92 Å². The van der Waals surface area contributed by atoms with Crippen molar-refractivity contribution in [1.82, 2.24) is 0 Å². The lowest BCUT2D eigenvalue weighted by molar-refractivity contribution is -0.107. The summed E-state index contributed by atoms with van der Waals surface area (Å²) in [7, 11) is 0. The molecular formula is C16H26O2S. The quantitative estimate of drug-likeness (QED) is 0.695. The minimum Gasteiger partial charge on any atom is -0.510 e. The SMILES string of the molecule is CC(C)=CCCC(C)CC[C@@]1(C)SC(=O)C(C)=C1O. The summed E-state index contributed by atoms with van der Waals surface area (Å²) in [5.74, 6) is 0.913. The van der Waals surface area contributed by atoms with Gasteiger partial charge in [0.25, 0.3) is 0 Å². The zero-order valence-corrected chi connectivity index (χ0v) is 13.6. The van der Waals surface area contributed by atoms with Crippen LogP contribution in [0.2, 0.25) is 0 Å². The van der Waals surface area contributed by atoms with Gasteiger partial charge in [-0.3, -0.25) is 4.79 Å². The van der Waals surface area contributed by atoms with Crippen molar-refractivity contribution in [2.75, 3.05) is 0 Å². The summed E-state index contributed by atoms with van der Waals surface area (Å²) in [5.41, 5.74) is 1.90. The van der Waals surface area contributed by atoms with Gasteiger partial charge in [-0.2, -0.15) is 0 Å². The van der Waals surface area contributed by atoms with Crippen LogP contribution in [0.4, 0.5) is 0 Å². The summed E-state index contributed by atoms with van der Waals surface area (Å²) >= 11 is 1.28. The second-order valence-corrected chi connectivity index (χ2v) is 7.57. The molecule has 1 unspecified atom stereocenters. The van der Waals surface area contributed by atoms with Crippen molar-refractivity contribution in [3.05, 3.63) is 23.0 Å². The molecule has 0 aromatic heterocycles. The minimum absolute atomic E-state index is 0.0252. The van der Waals surface area contributed by atoms with Crippen molar-refractivity contribution in [3.8, 4) is 0 Å². The Morgan fingerprint density at radius 3 is 2.53 bits per heavy atom. The molecule has 108 valence electrons. The molecule has 0 bridgehead atoms. The van der Waals surface area contributed by atoms with Gasteiger partial charge in [-0.25, -0.2) is 0 Å². The predicted octanol–water partition coefficient (Wildman–Crippen LogP) is 5.01. The first-order chi connectivity index (χ1) is 8.76. The first kappa shape index (κ1) is 16.4. The van der Waals surface area contributed by atoms with Crippen LogP contribution in [0.15, 0.2) is 23.0 Å². The molecule has 0 aromatic rings. The Morgan fingerprint density at radius 1 is 1.42 bits per heavy atom. The van der Waals surface area contributed by atoms with Crippen molar-refractivity contribution in [2.45, 2.75) is 65.0 Å². The van der Waals surface area contributed by atoms with E-state index in [2.05, 4.69) is 26.8 Å². The van der Waals surface area contributed by atoms with Gasteiger partial charge in [0, 0.05) is 5.57 Å². The van der Waals surface area contributed by atoms with E-state index in [0.717, 1.165) is 19.3 Å². The molecule has 1 heterocycles. The number of rotatable bonds is 6. The number of thioether (sulfide) groups is 1. The van der Waals surface area contributed by atoms with Crippen molar-refractivity contribution < 1.29 is 9.90 Å². The number of allylic oxidation sites excluding steroid dienone is 2. The van der Waals surface area contributed by atoms with E-state index in [1.165, 1.54) is 23.8 Å². The average molecular weight is 282 g/mol. The number of hydrogen-bond acceptors (Lipinski definition) is 3. The molecule has 1 aliphatic rings. The van der Waals surface area contributed by atoms with Crippen LogP contribution in [0, 0.1) is 5.92 Å². The molecule has 0 fully saturated rings. The smallest absolute Gasteiger partial charge is 0.219 e. The first-order valence-electron chi connectivity index (χ1n) is 7.03. The highest BCUT2D eigenvalue weighted by Crippen LogP contribution is 2.45. The van der Waals surface area contributed by atoms with Gasteiger partial charge in [0.2, 0.25) is 5.12 Å². The molecule has 2 atom stereocenters. The molecule has 0 aliphatic carbocycles. The second kappa shape index (κ2) is 6.65. The summed E-state index contributed by atoms with van der Waals surface area (Å²) in [6, 6.07) is 0. The molecule has 0 saturated heterocycles. The van der Waals surface area contributed by atoms with Crippen molar-refractivity contribution in [2.24, 2.45) is 5.92 Å². The van der Waals surface area contributed by atoms with E-state index in [0.29, 0.717) is 17.3 Å². The lowest BCUT2D eigenvalue weighted by Gasteiger charge is -2.24. The number of aliphatic hydroxyl groups is 1. The Kier molecular flexibility index (Phi) is 5.72. The fourth-order valence-electron chi connectivity index (χ4n) is 2.31. The number of hydrogen-bond donors (Lipinski definition) is 1. The Balaban J connectivity index is 2.45. The van der Waals surface area contributed by atoms with Crippen LogP contribution in [0.25, 0.3) is 0 Å². The summed E-state index contributed by atoms with van der Waals surface area (Å²) in [6.45, 7) is 10.2. The topological polar surface area (TPSA) is 37.3 Å². The lowest BCUT2D eigenvalue weighted by atomic mass is 9.92. The molecule has 3 heteroatoms. The highest BCUT2D eigenvalue weighted by molar-refractivity contribution is 8.15. The first-order valence-corrected chi connectivity index (χ1v) is 7.85. The second-order valence-electron chi connectivity index (χ2n) is 6.10. The van der Waals surface area contributed by atoms with Gasteiger partial charge in [0.15, 0.2) is 0 Å². The third-order valence-electron chi connectivity index (χ3n) is 3.81. The Bertz CT molecular complexity index is 405. The molecule has 19 heavy (non-hydrogen) atoms. The summed E-state index contributed by atoms with van der Waals surface area (Å²) in [5, 5.41) is 10.1.